The van der Waals surface area contributed by atoms with Crippen LogP contribution in [0.1, 0.15) is 58.8 Å². The van der Waals surface area contributed by atoms with Gasteiger partial charge < -0.3 is 4.74 Å². The summed E-state index contributed by atoms with van der Waals surface area (Å²) in [5, 5.41) is 8.51. The van der Waals surface area contributed by atoms with Crippen molar-refractivity contribution in [2.24, 2.45) is 11.8 Å². The Labute approximate surface area is 112 Å². The van der Waals surface area contributed by atoms with Crippen molar-refractivity contribution < 1.29 is 4.74 Å². The lowest BCUT2D eigenvalue weighted by Crippen LogP contribution is -2.28. The zero-order valence-corrected chi connectivity index (χ0v) is 11.7. The third-order valence-electron chi connectivity index (χ3n) is 4.10. The fourth-order valence-corrected chi connectivity index (χ4v) is 2.61. The van der Waals surface area contributed by atoms with Crippen molar-refractivity contribution in [3.63, 3.8) is 0 Å². The molecule has 1 saturated carbocycles. The quantitative estimate of drug-likeness (QED) is 0.526. The van der Waals surface area contributed by atoms with Crippen molar-refractivity contribution in [1.29, 1.82) is 5.26 Å². The predicted octanol–water partition coefficient (Wildman–Crippen LogP) is 3.92. The van der Waals surface area contributed by atoms with E-state index in [1.807, 2.05) is 6.92 Å². The van der Waals surface area contributed by atoms with Gasteiger partial charge in [0.15, 0.2) is 0 Å². The van der Waals surface area contributed by atoms with Gasteiger partial charge in [0.25, 0.3) is 0 Å². The fourth-order valence-electron chi connectivity index (χ4n) is 2.61. The summed E-state index contributed by atoms with van der Waals surface area (Å²) in [7, 11) is 0. The van der Waals surface area contributed by atoms with Crippen LogP contribution in [0.25, 0.3) is 0 Å². The first-order valence-corrected chi connectivity index (χ1v) is 7.08. The van der Waals surface area contributed by atoms with Crippen LogP contribution in [0.5, 0.6) is 0 Å². The van der Waals surface area contributed by atoms with Crippen molar-refractivity contribution in [3.8, 4) is 18.4 Å². The molecule has 100 valence electrons. The van der Waals surface area contributed by atoms with Gasteiger partial charge in [0.2, 0.25) is 0 Å². The van der Waals surface area contributed by atoms with E-state index in [1.165, 1.54) is 25.7 Å². The summed E-state index contributed by atoms with van der Waals surface area (Å²) in [5.74, 6) is 4.46. The molecule has 1 rings (SSSR count). The molecule has 0 aromatic carbocycles. The van der Waals surface area contributed by atoms with Gasteiger partial charge in [-0.15, -0.1) is 6.42 Å². The van der Waals surface area contributed by atoms with Crippen molar-refractivity contribution in [2.75, 3.05) is 6.61 Å². The van der Waals surface area contributed by atoms with E-state index in [9.17, 15) is 0 Å². The normalized spacial score (nSPS) is 26.9. The Bertz CT molecular complexity index is 317. The molecule has 1 atom stereocenters. The van der Waals surface area contributed by atoms with Crippen molar-refractivity contribution in [2.45, 2.75) is 64.4 Å². The summed E-state index contributed by atoms with van der Waals surface area (Å²) in [6.45, 7) is 4.75. The molecule has 0 amide bonds. The highest BCUT2D eigenvalue weighted by Crippen LogP contribution is 2.33. The molecule has 0 aromatic rings. The van der Waals surface area contributed by atoms with Crippen molar-refractivity contribution in [1.82, 2.24) is 0 Å². The Balaban J connectivity index is 2.30. The Morgan fingerprint density at radius 2 is 2.00 bits per heavy atom. The van der Waals surface area contributed by atoms with Crippen LogP contribution >= 0.6 is 0 Å². The summed E-state index contributed by atoms with van der Waals surface area (Å²) < 4.78 is 5.67. The van der Waals surface area contributed by atoms with Gasteiger partial charge in [-0.2, -0.15) is 5.26 Å². The molecule has 0 radical (unpaired) electrons. The fraction of sp³-hybridized carbons (Fsp3) is 0.812. The second-order valence-corrected chi connectivity index (χ2v) is 5.80. The van der Waals surface area contributed by atoms with Gasteiger partial charge in [0, 0.05) is 0 Å². The first-order valence-electron chi connectivity index (χ1n) is 7.08. The summed E-state index contributed by atoms with van der Waals surface area (Å²) in [4.78, 5) is 0. The Morgan fingerprint density at radius 1 is 1.33 bits per heavy atom. The van der Waals surface area contributed by atoms with Crippen LogP contribution in [-0.2, 0) is 4.74 Å². The molecule has 0 aromatic heterocycles. The molecule has 18 heavy (non-hydrogen) atoms. The number of hydrogen-bond acceptors (Lipinski definition) is 2. The lowest BCUT2D eigenvalue weighted by molar-refractivity contribution is 0.00460. The predicted molar refractivity (Wildman–Crippen MR) is 73.8 cm³/mol. The van der Waals surface area contributed by atoms with E-state index in [2.05, 4.69) is 18.9 Å². The van der Waals surface area contributed by atoms with Crippen LogP contribution in [0.15, 0.2) is 0 Å². The van der Waals surface area contributed by atoms with Gasteiger partial charge in [-0.25, -0.2) is 0 Å². The molecular weight excluding hydrogens is 222 g/mol. The molecule has 0 bridgehead atoms. The zero-order valence-electron chi connectivity index (χ0n) is 11.7. The molecule has 1 unspecified atom stereocenters. The van der Waals surface area contributed by atoms with Crippen LogP contribution < -0.4 is 0 Å². The van der Waals surface area contributed by atoms with Crippen molar-refractivity contribution in [3.05, 3.63) is 0 Å². The summed E-state index contributed by atoms with van der Waals surface area (Å²) in [6.07, 6.45) is 13.4. The Hall–Kier alpha value is -0.990. The maximum atomic E-state index is 8.51. The monoisotopic (exact) mass is 247 g/mol. The molecule has 1 fully saturated rings. The lowest BCUT2D eigenvalue weighted by Gasteiger charge is -2.30. The van der Waals surface area contributed by atoms with E-state index in [-0.39, 0.29) is 0 Å². The molecule has 0 heterocycles. The van der Waals surface area contributed by atoms with Gasteiger partial charge in [0.05, 0.1) is 19.1 Å². The first-order chi connectivity index (χ1) is 8.59. The standard InChI is InChI=1S/C16H25NO/c1-4-16(3,18-13-5-12-17)11-10-15-8-6-14(2)7-9-15/h1,14-15H,5-11,13H2,2-3H3. The maximum Gasteiger partial charge on any atom is 0.125 e. The molecule has 0 N–H and O–H groups in total. The number of nitriles is 1. The van der Waals surface area contributed by atoms with Gasteiger partial charge >= 0.3 is 0 Å². The van der Waals surface area contributed by atoms with E-state index >= 15 is 0 Å². The van der Waals surface area contributed by atoms with E-state index in [0.29, 0.717) is 13.0 Å². The second kappa shape index (κ2) is 7.45. The zero-order chi connectivity index (χ0) is 13.4. The van der Waals surface area contributed by atoms with Crippen LogP contribution in [0.2, 0.25) is 0 Å². The Morgan fingerprint density at radius 3 is 2.56 bits per heavy atom. The average Bonchev–Trinajstić information content (AvgIpc) is 2.38. The van der Waals surface area contributed by atoms with Crippen LogP contribution in [-0.4, -0.2) is 12.2 Å². The average molecular weight is 247 g/mol. The maximum absolute atomic E-state index is 8.51. The number of ether oxygens (including phenoxy) is 1. The minimum Gasteiger partial charge on any atom is -0.362 e. The van der Waals surface area contributed by atoms with Crippen LogP contribution in [0, 0.1) is 35.5 Å². The number of terminal acetylenes is 1. The molecule has 0 saturated heterocycles. The van der Waals surface area contributed by atoms with Gasteiger partial charge in [-0.3, -0.25) is 0 Å². The van der Waals surface area contributed by atoms with E-state index in [0.717, 1.165) is 24.7 Å². The van der Waals surface area contributed by atoms with Crippen LogP contribution in [0.3, 0.4) is 0 Å². The highest BCUT2D eigenvalue weighted by Gasteiger charge is 2.25. The van der Waals surface area contributed by atoms with Gasteiger partial charge in [-0.05, 0) is 31.6 Å². The third-order valence-corrected chi connectivity index (χ3v) is 4.10. The SMILES string of the molecule is C#CC(C)(CCC1CCC(C)CC1)OCCC#N. The van der Waals surface area contributed by atoms with E-state index < -0.39 is 5.60 Å². The summed E-state index contributed by atoms with van der Waals surface area (Å²) in [6, 6.07) is 2.08. The van der Waals surface area contributed by atoms with E-state index in [4.69, 9.17) is 16.4 Å². The topological polar surface area (TPSA) is 33.0 Å². The summed E-state index contributed by atoms with van der Waals surface area (Å²) >= 11 is 0. The molecule has 0 spiro atoms. The largest absolute Gasteiger partial charge is 0.362 e. The summed E-state index contributed by atoms with van der Waals surface area (Å²) in [5.41, 5.74) is -0.486. The first kappa shape index (κ1) is 15.1. The number of nitrogens with zero attached hydrogens (tertiary/aromatic N) is 1. The minimum atomic E-state index is -0.486. The molecule has 1 aliphatic rings. The minimum absolute atomic E-state index is 0.415. The van der Waals surface area contributed by atoms with Crippen LogP contribution in [0.4, 0.5) is 0 Å². The molecule has 0 aliphatic heterocycles. The highest BCUT2D eigenvalue weighted by molar-refractivity contribution is 5.06. The molecule has 1 aliphatic carbocycles. The second-order valence-electron chi connectivity index (χ2n) is 5.80. The van der Waals surface area contributed by atoms with Crippen molar-refractivity contribution >= 4 is 0 Å². The number of rotatable bonds is 6. The molecular formula is C16H25NO. The highest BCUT2D eigenvalue weighted by atomic mass is 16.5. The number of hydrogen-bond donors (Lipinski definition) is 0. The Kier molecular flexibility index (Phi) is 6.23. The van der Waals surface area contributed by atoms with Gasteiger partial charge in [0.1, 0.15) is 5.60 Å². The van der Waals surface area contributed by atoms with Gasteiger partial charge in [-0.1, -0.05) is 38.5 Å². The van der Waals surface area contributed by atoms with E-state index in [1.54, 1.807) is 0 Å². The smallest absolute Gasteiger partial charge is 0.125 e. The molecule has 2 heteroatoms. The molecule has 2 nitrogen and oxygen atoms in total. The third kappa shape index (κ3) is 5.11. The lowest BCUT2D eigenvalue weighted by atomic mass is 9.79.